The largest absolute Gasteiger partial charge is 0.469 e. The molecule has 120 valence electrons. The number of carbonyl (C=O) groups excluding carboxylic acids is 2. The first-order valence-corrected chi connectivity index (χ1v) is 7.68. The molecule has 0 N–H and O–H groups in total. The van der Waals surface area contributed by atoms with Gasteiger partial charge in [-0.05, 0) is 19.4 Å². The van der Waals surface area contributed by atoms with Gasteiger partial charge in [-0.15, -0.1) is 0 Å². The maximum atomic E-state index is 12.6. The molecule has 0 bridgehead atoms. The lowest BCUT2D eigenvalue weighted by molar-refractivity contribution is -0.152. The molecule has 1 atom stereocenters. The second kappa shape index (κ2) is 7.23. The number of Topliss-reactive ketones (excluding diaryl/α,β-unsaturated/α-hetero) is 1. The first-order chi connectivity index (χ1) is 11.0. The van der Waals surface area contributed by atoms with E-state index in [4.69, 9.17) is 4.74 Å². The number of esters is 1. The number of methoxy groups -OCH3 is 1. The van der Waals surface area contributed by atoms with Crippen molar-refractivity contribution in [2.45, 2.75) is 26.2 Å². The zero-order chi connectivity index (χ0) is 16.9. The molecule has 0 aromatic heterocycles. The third-order valence-electron chi connectivity index (χ3n) is 4.27. The highest BCUT2D eigenvalue weighted by Gasteiger charge is 2.39. The van der Waals surface area contributed by atoms with Gasteiger partial charge < -0.3 is 4.74 Å². The highest BCUT2D eigenvalue weighted by molar-refractivity contribution is 5.97. The van der Waals surface area contributed by atoms with E-state index in [1.54, 1.807) is 12.1 Å². The number of carbonyl (C=O) groups is 2. The summed E-state index contributed by atoms with van der Waals surface area (Å²) in [6, 6.07) is 18.8. The summed E-state index contributed by atoms with van der Waals surface area (Å²) in [6.07, 6.45) is 0.260. The SMILES string of the molecule is COC(=O)C(C)(C)[C@@H](CC(=O)c1ccccc1)c1ccccc1. The van der Waals surface area contributed by atoms with E-state index >= 15 is 0 Å². The van der Waals surface area contributed by atoms with Crippen LogP contribution in [0.4, 0.5) is 0 Å². The molecule has 0 amide bonds. The molecule has 2 rings (SSSR count). The van der Waals surface area contributed by atoms with E-state index < -0.39 is 5.41 Å². The van der Waals surface area contributed by atoms with Gasteiger partial charge in [0.1, 0.15) is 0 Å². The van der Waals surface area contributed by atoms with E-state index in [0.717, 1.165) is 5.56 Å². The van der Waals surface area contributed by atoms with Crippen molar-refractivity contribution in [3.05, 3.63) is 71.8 Å². The molecule has 2 aromatic rings. The predicted octanol–water partition coefficient (Wildman–Crippen LogP) is 4.24. The molecule has 0 unspecified atom stereocenters. The van der Waals surface area contributed by atoms with Crippen LogP contribution >= 0.6 is 0 Å². The summed E-state index contributed by atoms with van der Waals surface area (Å²) in [5.41, 5.74) is 0.835. The molecule has 3 heteroatoms. The lowest BCUT2D eigenvalue weighted by atomic mass is 9.72. The minimum absolute atomic E-state index is 0.0245. The zero-order valence-electron chi connectivity index (χ0n) is 13.8. The Balaban J connectivity index is 2.35. The number of rotatable bonds is 6. The molecule has 3 nitrogen and oxygen atoms in total. The van der Waals surface area contributed by atoms with Crippen LogP contribution in [0.1, 0.15) is 42.1 Å². The molecule has 0 saturated carbocycles. The fourth-order valence-corrected chi connectivity index (χ4v) is 2.81. The Labute approximate surface area is 137 Å². The van der Waals surface area contributed by atoms with Gasteiger partial charge in [0.25, 0.3) is 0 Å². The van der Waals surface area contributed by atoms with Gasteiger partial charge in [-0.1, -0.05) is 60.7 Å². The van der Waals surface area contributed by atoms with E-state index in [1.165, 1.54) is 7.11 Å². The normalized spacial score (nSPS) is 12.5. The van der Waals surface area contributed by atoms with Gasteiger partial charge in [0, 0.05) is 17.9 Å². The maximum absolute atomic E-state index is 12.6. The molecule has 0 aliphatic carbocycles. The molecule has 0 aliphatic heterocycles. The number of benzene rings is 2. The van der Waals surface area contributed by atoms with Crippen molar-refractivity contribution in [3.63, 3.8) is 0 Å². The van der Waals surface area contributed by atoms with Gasteiger partial charge in [-0.25, -0.2) is 0 Å². The topological polar surface area (TPSA) is 43.4 Å². The molecule has 0 spiro atoms. The Hall–Kier alpha value is -2.42. The summed E-state index contributed by atoms with van der Waals surface area (Å²) < 4.78 is 4.95. The summed E-state index contributed by atoms with van der Waals surface area (Å²) in [6.45, 7) is 3.66. The number of ether oxygens (including phenoxy) is 1. The molecule has 0 aliphatic rings. The van der Waals surface area contributed by atoms with E-state index in [0.29, 0.717) is 5.56 Å². The van der Waals surface area contributed by atoms with Gasteiger partial charge in [-0.3, -0.25) is 9.59 Å². The second-order valence-corrected chi connectivity index (χ2v) is 6.17. The van der Waals surface area contributed by atoms with E-state index in [1.807, 2.05) is 62.4 Å². The maximum Gasteiger partial charge on any atom is 0.311 e. The molecule has 0 saturated heterocycles. The van der Waals surface area contributed by atoms with Crippen LogP contribution in [0, 0.1) is 5.41 Å². The van der Waals surface area contributed by atoms with Crippen molar-refractivity contribution >= 4 is 11.8 Å². The highest BCUT2D eigenvalue weighted by Crippen LogP contribution is 2.39. The van der Waals surface area contributed by atoms with E-state index in [9.17, 15) is 9.59 Å². The van der Waals surface area contributed by atoms with Crippen molar-refractivity contribution in [1.82, 2.24) is 0 Å². The summed E-state index contributed by atoms with van der Waals surface area (Å²) in [5.74, 6) is -0.535. The number of ketones is 1. The van der Waals surface area contributed by atoms with Crippen LogP contribution in [0.2, 0.25) is 0 Å². The van der Waals surface area contributed by atoms with Gasteiger partial charge in [0.2, 0.25) is 0 Å². The quantitative estimate of drug-likeness (QED) is 0.592. The number of hydrogen-bond acceptors (Lipinski definition) is 3. The Morgan fingerprint density at radius 1 is 0.957 bits per heavy atom. The summed E-state index contributed by atoms with van der Waals surface area (Å²) >= 11 is 0. The first-order valence-electron chi connectivity index (χ1n) is 7.68. The smallest absolute Gasteiger partial charge is 0.311 e. The van der Waals surface area contributed by atoms with E-state index in [2.05, 4.69) is 0 Å². The van der Waals surface area contributed by atoms with Gasteiger partial charge >= 0.3 is 5.97 Å². The van der Waals surface area contributed by atoms with Crippen LogP contribution in [0.15, 0.2) is 60.7 Å². The lowest BCUT2D eigenvalue weighted by Crippen LogP contribution is -2.34. The third-order valence-corrected chi connectivity index (χ3v) is 4.27. The molecule has 0 heterocycles. The Bertz CT molecular complexity index is 660. The van der Waals surface area contributed by atoms with Crippen molar-refractivity contribution in [2.24, 2.45) is 5.41 Å². The molecule has 2 aromatic carbocycles. The Morgan fingerprint density at radius 3 is 2.00 bits per heavy atom. The second-order valence-electron chi connectivity index (χ2n) is 6.17. The minimum atomic E-state index is -0.791. The fraction of sp³-hybridized carbons (Fsp3) is 0.300. The Kier molecular flexibility index (Phi) is 5.32. The van der Waals surface area contributed by atoms with Crippen molar-refractivity contribution in [1.29, 1.82) is 0 Å². The lowest BCUT2D eigenvalue weighted by Gasteiger charge is -2.32. The fourth-order valence-electron chi connectivity index (χ4n) is 2.81. The van der Waals surface area contributed by atoms with Gasteiger partial charge in [-0.2, -0.15) is 0 Å². The first kappa shape index (κ1) is 16.9. The zero-order valence-corrected chi connectivity index (χ0v) is 13.8. The molecular weight excluding hydrogens is 288 g/mol. The van der Waals surface area contributed by atoms with Gasteiger partial charge in [0.15, 0.2) is 5.78 Å². The van der Waals surface area contributed by atoms with Crippen molar-refractivity contribution in [3.8, 4) is 0 Å². The Morgan fingerprint density at radius 2 is 1.48 bits per heavy atom. The molecule has 0 radical (unpaired) electrons. The van der Waals surface area contributed by atoms with Crippen molar-refractivity contribution < 1.29 is 14.3 Å². The summed E-state index contributed by atoms with van der Waals surface area (Å²) in [4.78, 5) is 24.9. The van der Waals surface area contributed by atoms with Gasteiger partial charge in [0.05, 0.1) is 12.5 Å². The monoisotopic (exact) mass is 310 g/mol. The van der Waals surface area contributed by atoms with Crippen LogP contribution in [-0.4, -0.2) is 18.9 Å². The molecule has 0 fully saturated rings. The highest BCUT2D eigenvalue weighted by atomic mass is 16.5. The standard InChI is InChI=1S/C20H22O3/c1-20(2,19(22)23-3)17(15-10-6-4-7-11-15)14-18(21)16-12-8-5-9-13-16/h4-13,17H,14H2,1-3H3/t17-/m0/s1. The third kappa shape index (κ3) is 3.86. The predicted molar refractivity (Wildman–Crippen MR) is 90.4 cm³/mol. The van der Waals surface area contributed by atoms with Crippen LogP contribution in [-0.2, 0) is 9.53 Å². The summed E-state index contributed by atoms with van der Waals surface area (Å²) in [5, 5.41) is 0. The minimum Gasteiger partial charge on any atom is -0.469 e. The average molecular weight is 310 g/mol. The van der Waals surface area contributed by atoms with Crippen LogP contribution in [0.5, 0.6) is 0 Å². The number of hydrogen-bond donors (Lipinski definition) is 0. The van der Waals surface area contributed by atoms with Crippen LogP contribution in [0.3, 0.4) is 0 Å². The molecule has 23 heavy (non-hydrogen) atoms. The van der Waals surface area contributed by atoms with Crippen molar-refractivity contribution in [2.75, 3.05) is 7.11 Å². The van der Waals surface area contributed by atoms with E-state index in [-0.39, 0.29) is 24.1 Å². The van der Waals surface area contributed by atoms with Crippen LogP contribution < -0.4 is 0 Å². The summed E-state index contributed by atoms with van der Waals surface area (Å²) in [7, 11) is 1.38. The molecular formula is C20H22O3. The average Bonchev–Trinajstić information content (AvgIpc) is 2.60. The van der Waals surface area contributed by atoms with Crippen LogP contribution in [0.25, 0.3) is 0 Å².